The summed E-state index contributed by atoms with van der Waals surface area (Å²) in [6.07, 6.45) is 0.365. The highest BCUT2D eigenvalue weighted by atomic mass is 16.5. The highest BCUT2D eigenvalue weighted by molar-refractivity contribution is 6.08. The van der Waals surface area contributed by atoms with Crippen LogP contribution in [0.25, 0.3) is 0 Å². The lowest BCUT2D eigenvalue weighted by Crippen LogP contribution is -2.37. The zero-order chi connectivity index (χ0) is 17.1. The molecule has 0 saturated carbocycles. The van der Waals surface area contributed by atoms with Crippen LogP contribution >= 0.6 is 0 Å². The predicted molar refractivity (Wildman–Crippen MR) is 89.8 cm³/mol. The number of nitrogens with one attached hydrogen (secondary N) is 1. The monoisotopic (exact) mass is 326 g/mol. The van der Waals surface area contributed by atoms with E-state index in [-0.39, 0.29) is 11.8 Å². The fourth-order valence-electron chi connectivity index (χ4n) is 2.64. The summed E-state index contributed by atoms with van der Waals surface area (Å²) in [6, 6.07) is 12.9. The smallest absolute Gasteiger partial charge is 0.244 e. The van der Waals surface area contributed by atoms with Crippen molar-refractivity contribution in [2.24, 2.45) is 11.1 Å². The normalized spacial score (nSPS) is 17.8. The Hall–Kier alpha value is -3.02. The van der Waals surface area contributed by atoms with E-state index in [0.717, 1.165) is 11.1 Å². The lowest BCUT2D eigenvalue weighted by atomic mass is 9.94. The van der Waals surface area contributed by atoms with Crippen molar-refractivity contribution in [1.29, 1.82) is 0 Å². The molecule has 1 atom stereocenters. The third-order valence-corrected chi connectivity index (χ3v) is 3.94. The van der Waals surface area contributed by atoms with Crippen molar-refractivity contribution < 1.29 is 19.5 Å². The van der Waals surface area contributed by atoms with E-state index < -0.39 is 5.92 Å². The van der Waals surface area contributed by atoms with Crippen molar-refractivity contribution in [3.8, 4) is 11.5 Å². The largest absolute Gasteiger partial charge is 0.493 e. The number of anilines is 1. The molecule has 124 valence electrons. The van der Waals surface area contributed by atoms with Gasteiger partial charge >= 0.3 is 0 Å². The van der Waals surface area contributed by atoms with E-state index >= 15 is 0 Å². The van der Waals surface area contributed by atoms with Crippen molar-refractivity contribution in [1.82, 2.24) is 0 Å². The number of aryl methyl sites for hydroxylation is 1. The number of rotatable bonds is 3. The molecule has 0 fully saturated rings. The summed E-state index contributed by atoms with van der Waals surface area (Å²) in [7, 11) is 1.53. The first-order chi connectivity index (χ1) is 11.6. The first-order valence-corrected chi connectivity index (χ1v) is 7.55. The summed E-state index contributed by atoms with van der Waals surface area (Å²) >= 11 is 0. The van der Waals surface area contributed by atoms with Gasteiger partial charge < -0.3 is 20.0 Å². The van der Waals surface area contributed by atoms with Gasteiger partial charge in [-0.25, -0.2) is 0 Å². The number of carbonyl (C=O) groups is 1. The van der Waals surface area contributed by atoms with Gasteiger partial charge in [-0.05, 0) is 31.5 Å². The second kappa shape index (κ2) is 6.62. The van der Waals surface area contributed by atoms with E-state index in [1.165, 1.54) is 7.11 Å². The van der Waals surface area contributed by atoms with Gasteiger partial charge in [0.15, 0.2) is 11.5 Å². The maximum absolute atomic E-state index is 12.6. The zero-order valence-corrected chi connectivity index (χ0v) is 13.4. The van der Waals surface area contributed by atoms with E-state index in [2.05, 4.69) is 10.5 Å². The van der Waals surface area contributed by atoms with Crippen molar-refractivity contribution in [3.63, 3.8) is 0 Å². The Kier molecular flexibility index (Phi) is 4.37. The summed E-state index contributed by atoms with van der Waals surface area (Å²) < 4.78 is 10.9. The standard InChI is InChI=1S/C18H18N2O4/c1-11-6-8-13(9-7-11)19-17(21)14-10-12-4-3-5-15(23-2)16(12)24-18(14)20-22/h3-9,14,22H,10H2,1-2H3,(H,19,21)/b20-18+/t14-/m0/s1. The SMILES string of the molecule is COc1cccc2c1O/C(=N/O)[C@H](C(=O)Nc1ccc(C)cc1)C2. The van der Waals surface area contributed by atoms with Crippen LogP contribution < -0.4 is 14.8 Å². The molecule has 0 bridgehead atoms. The third-order valence-electron chi connectivity index (χ3n) is 3.94. The minimum atomic E-state index is -0.712. The first kappa shape index (κ1) is 15.9. The summed E-state index contributed by atoms with van der Waals surface area (Å²) in [5.74, 6) is -0.0362. The number of ether oxygens (including phenoxy) is 2. The van der Waals surface area contributed by atoms with E-state index in [4.69, 9.17) is 9.47 Å². The molecule has 0 radical (unpaired) electrons. The Labute approximate surface area is 139 Å². The molecule has 2 N–H and O–H groups in total. The number of fused-ring (bicyclic) bond motifs is 1. The van der Waals surface area contributed by atoms with Crippen LogP contribution in [0.2, 0.25) is 0 Å². The Morgan fingerprint density at radius 1 is 1.29 bits per heavy atom. The molecule has 2 aromatic rings. The lowest BCUT2D eigenvalue weighted by molar-refractivity contribution is -0.118. The lowest BCUT2D eigenvalue weighted by Gasteiger charge is -2.26. The summed E-state index contributed by atoms with van der Waals surface area (Å²) in [6.45, 7) is 1.97. The topological polar surface area (TPSA) is 80.2 Å². The fraction of sp³-hybridized carbons (Fsp3) is 0.222. The number of carbonyl (C=O) groups excluding carboxylic acids is 1. The maximum Gasteiger partial charge on any atom is 0.244 e. The molecule has 0 aromatic heterocycles. The van der Waals surface area contributed by atoms with Gasteiger partial charge in [-0.1, -0.05) is 35.0 Å². The second-order valence-corrected chi connectivity index (χ2v) is 5.60. The van der Waals surface area contributed by atoms with Gasteiger partial charge in [-0.2, -0.15) is 0 Å². The van der Waals surface area contributed by atoms with Gasteiger partial charge in [-0.15, -0.1) is 0 Å². The number of methoxy groups -OCH3 is 1. The summed E-state index contributed by atoms with van der Waals surface area (Å²) in [4.78, 5) is 12.6. The Morgan fingerprint density at radius 3 is 2.71 bits per heavy atom. The van der Waals surface area contributed by atoms with Crippen molar-refractivity contribution in [3.05, 3.63) is 53.6 Å². The van der Waals surface area contributed by atoms with E-state index in [1.807, 2.05) is 43.3 Å². The van der Waals surface area contributed by atoms with Gasteiger partial charge in [0.2, 0.25) is 11.8 Å². The van der Waals surface area contributed by atoms with Crippen LogP contribution in [-0.4, -0.2) is 24.1 Å². The molecule has 1 aliphatic rings. The van der Waals surface area contributed by atoms with Crippen LogP contribution in [0.15, 0.2) is 47.6 Å². The molecule has 24 heavy (non-hydrogen) atoms. The van der Waals surface area contributed by atoms with Gasteiger partial charge in [0.1, 0.15) is 5.92 Å². The Balaban J connectivity index is 1.84. The van der Waals surface area contributed by atoms with Crippen LogP contribution in [0, 0.1) is 12.8 Å². The van der Waals surface area contributed by atoms with Gasteiger partial charge in [-0.3, -0.25) is 4.79 Å². The van der Waals surface area contributed by atoms with Crippen LogP contribution in [0.5, 0.6) is 11.5 Å². The molecule has 1 heterocycles. The minimum Gasteiger partial charge on any atom is -0.493 e. The van der Waals surface area contributed by atoms with Crippen molar-refractivity contribution >= 4 is 17.5 Å². The van der Waals surface area contributed by atoms with Crippen molar-refractivity contribution in [2.45, 2.75) is 13.3 Å². The van der Waals surface area contributed by atoms with Crippen LogP contribution in [0.1, 0.15) is 11.1 Å². The maximum atomic E-state index is 12.6. The fourth-order valence-corrected chi connectivity index (χ4v) is 2.64. The van der Waals surface area contributed by atoms with Crippen molar-refractivity contribution in [2.75, 3.05) is 12.4 Å². The number of hydrogen-bond acceptors (Lipinski definition) is 5. The highest BCUT2D eigenvalue weighted by Crippen LogP contribution is 2.37. The number of nitrogens with zero attached hydrogens (tertiary/aromatic N) is 1. The van der Waals surface area contributed by atoms with E-state index in [1.54, 1.807) is 6.07 Å². The molecular weight excluding hydrogens is 308 g/mol. The summed E-state index contributed by atoms with van der Waals surface area (Å²) in [5.41, 5.74) is 2.61. The Morgan fingerprint density at radius 2 is 2.04 bits per heavy atom. The van der Waals surface area contributed by atoms with Crippen LogP contribution in [0.3, 0.4) is 0 Å². The van der Waals surface area contributed by atoms with Gasteiger partial charge in [0, 0.05) is 11.3 Å². The predicted octanol–water partition coefficient (Wildman–Crippen LogP) is 2.98. The molecular formula is C18H18N2O4. The quantitative estimate of drug-likeness (QED) is 0.671. The highest BCUT2D eigenvalue weighted by Gasteiger charge is 2.34. The molecule has 6 heteroatoms. The molecule has 0 aliphatic carbocycles. The number of para-hydroxylation sites is 1. The number of benzene rings is 2. The first-order valence-electron chi connectivity index (χ1n) is 7.55. The molecule has 0 unspecified atom stereocenters. The molecule has 1 aliphatic heterocycles. The third kappa shape index (κ3) is 3.03. The number of oxime groups is 1. The molecule has 6 nitrogen and oxygen atoms in total. The molecule has 0 saturated heterocycles. The summed E-state index contributed by atoms with van der Waals surface area (Å²) in [5, 5.41) is 15.2. The molecule has 3 rings (SSSR count). The zero-order valence-electron chi connectivity index (χ0n) is 13.4. The van der Waals surface area contributed by atoms with E-state index in [9.17, 15) is 10.0 Å². The average molecular weight is 326 g/mol. The Bertz CT molecular complexity index is 784. The van der Waals surface area contributed by atoms with Crippen LogP contribution in [-0.2, 0) is 11.2 Å². The average Bonchev–Trinajstić information content (AvgIpc) is 2.61. The van der Waals surface area contributed by atoms with Gasteiger partial charge in [0.25, 0.3) is 0 Å². The van der Waals surface area contributed by atoms with Gasteiger partial charge in [0.05, 0.1) is 7.11 Å². The molecule has 2 aromatic carbocycles. The number of hydrogen-bond donors (Lipinski definition) is 2. The second-order valence-electron chi connectivity index (χ2n) is 5.60. The number of amides is 1. The molecule has 0 spiro atoms. The molecule has 1 amide bonds. The minimum absolute atomic E-state index is 0.0448. The van der Waals surface area contributed by atoms with Crippen LogP contribution in [0.4, 0.5) is 5.69 Å². The van der Waals surface area contributed by atoms with E-state index in [0.29, 0.717) is 23.6 Å².